The Kier molecular flexibility index (Phi) is 10.0. The van der Waals surface area contributed by atoms with E-state index in [2.05, 4.69) is 21.9 Å². The minimum Gasteiger partial charge on any atom is -0.462 e. The molecule has 1 fully saturated rings. The van der Waals surface area contributed by atoms with Crippen LogP contribution in [0.1, 0.15) is 51.5 Å². The predicted molar refractivity (Wildman–Crippen MR) is 156 cm³/mol. The summed E-state index contributed by atoms with van der Waals surface area (Å²) in [6, 6.07) is 15.9. The number of esters is 1. The average molecular weight is 614 g/mol. The molecule has 0 spiro atoms. The molecule has 0 radical (unpaired) electrons. The zero-order valence-electron chi connectivity index (χ0n) is 24.1. The van der Waals surface area contributed by atoms with Gasteiger partial charge in [-0.25, -0.2) is 13.8 Å². The van der Waals surface area contributed by atoms with Crippen LogP contribution in [-0.2, 0) is 23.4 Å². The summed E-state index contributed by atoms with van der Waals surface area (Å²) in [6.07, 6.45) is -1.82. The van der Waals surface area contributed by atoms with Gasteiger partial charge in [-0.15, -0.1) is 0 Å². The van der Waals surface area contributed by atoms with E-state index in [1.807, 2.05) is 30.3 Å². The SMILES string of the molecule is CC(C)OC(=O)C(C)NP(=O)(OCC1CC(C)(F)C(n2ccc(=O)[nH]c2=O)O1)Oc1ccc(C#Cc2ccccc2)cc1. The van der Waals surface area contributed by atoms with Gasteiger partial charge in [0.15, 0.2) is 11.9 Å². The molecule has 0 amide bonds. The molecule has 2 N–H and O–H groups in total. The molecule has 0 bridgehead atoms. The molecular formula is C30H33FN3O8P. The molecule has 228 valence electrons. The zero-order valence-corrected chi connectivity index (χ0v) is 25.0. The van der Waals surface area contributed by atoms with Gasteiger partial charge in [-0.3, -0.25) is 23.7 Å². The Hall–Kier alpha value is -4.01. The lowest BCUT2D eigenvalue weighted by molar-refractivity contribution is -0.149. The van der Waals surface area contributed by atoms with Crippen LogP contribution in [0.3, 0.4) is 0 Å². The molecule has 3 aromatic rings. The third-order valence-corrected chi connectivity index (χ3v) is 7.90. The van der Waals surface area contributed by atoms with E-state index in [1.165, 1.54) is 13.8 Å². The van der Waals surface area contributed by atoms with Gasteiger partial charge in [0.1, 0.15) is 11.8 Å². The highest BCUT2D eigenvalue weighted by atomic mass is 31.2. The number of nitrogens with zero attached hydrogens (tertiary/aromatic N) is 1. The van der Waals surface area contributed by atoms with Crippen molar-refractivity contribution in [3.63, 3.8) is 0 Å². The highest BCUT2D eigenvalue weighted by molar-refractivity contribution is 7.52. The molecule has 1 aliphatic heterocycles. The van der Waals surface area contributed by atoms with Gasteiger partial charge in [0, 0.05) is 29.8 Å². The maximum Gasteiger partial charge on any atom is 0.459 e. The van der Waals surface area contributed by atoms with Crippen LogP contribution in [0.4, 0.5) is 4.39 Å². The fraction of sp³-hybridized carbons (Fsp3) is 0.367. The maximum atomic E-state index is 15.5. The van der Waals surface area contributed by atoms with E-state index in [1.54, 1.807) is 38.1 Å². The van der Waals surface area contributed by atoms with Crippen LogP contribution in [0.5, 0.6) is 5.75 Å². The molecule has 13 heteroatoms. The second-order valence-corrected chi connectivity index (χ2v) is 12.2. The Labute approximate surface area is 247 Å². The van der Waals surface area contributed by atoms with Crippen molar-refractivity contribution in [3.8, 4) is 17.6 Å². The molecule has 1 aliphatic rings. The molecule has 5 unspecified atom stereocenters. The minimum atomic E-state index is -4.28. The number of hydrogen-bond donors (Lipinski definition) is 2. The quantitative estimate of drug-likeness (QED) is 0.197. The number of alkyl halides is 1. The summed E-state index contributed by atoms with van der Waals surface area (Å²) in [5, 5.41) is 2.58. The first-order valence-electron chi connectivity index (χ1n) is 13.6. The number of aromatic amines is 1. The number of aromatic nitrogens is 2. The maximum absolute atomic E-state index is 15.5. The Morgan fingerprint density at radius 1 is 1.12 bits per heavy atom. The van der Waals surface area contributed by atoms with Gasteiger partial charge in [0.25, 0.3) is 5.56 Å². The standard InChI is InChI=1S/C30H33FN3O8P/c1-20(2)40-27(36)21(3)33-43(38,42-24-14-12-23(13-15-24)11-10-22-8-6-5-7-9-22)39-19-25-18-30(4,31)28(41-25)34-17-16-26(35)32-29(34)37/h5-9,12-17,20-21,25,28H,18-19H2,1-4H3,(H,33,38)(H,32,35,37). The van der Waals surface area contributed by atoms with E-state index in [0.717, 1.165) is 22.4 Å². The Morgan fingerprint density at radius 3 is 2.40 bits per heavy atom. The van der Waals surface area contributed by atoms with E-state index in [-0.39, 0.29) is 12.2 Å². The van der Waals surface area contributed by atoms with Gasteiger partial charge in [-0.2, -0.15) is 5.09 Å². The fourth-order valence-corrected chi connectivity index (χ4v) is 5.80. The fourth-order valence-electron chi connectivity index (χ4n) is 4.28. The summed E-state index contributed by atoms with van der Waals surface area (Å²) in [5.74, 6) is 5.56. The first-order chi connectivity index (χ1) is 20.3. The second-order valence-electron chi connectivity index (χ2n) is 10.5. The van der Waals surface area contributed by atoms with Gasteiger partial charge in [-0.05, 0) is 64.1 Å². The number of benzene rings is 2. The molecule has 11 nitrogen and oxygen atoms in total. The molecule has 0 saturated carbocycles. The minimum absolute atomic E-state index is 0.158. The monoisotopic (exact) mass is 613 g/mol. The molecule has 2 aromatic carbocycles. The lowest BCUT2D eigenvalue weighted by Crippen LogP contribution is -2.38. The summed E-state index contributed by atoms with van der Waals surface area (Å²) in [5.41, 5.74) is -1.98. The van der Waals surface area contributed by atoms with E-state index >= 15 is 4.39 Å². The van der Waals surface area contributed by atoms with Crippen LogP contribution in [0.2, 0.25) is 0 Å². The summed E-state index contributed by atoms with van der Waals surface area (Å²) in [7, 11) is -4.28. The van der Waals surface area contributed by atoms with Crippen molar-refractivity contribution in [2.75, 3.05) is 6.61 Å². The normalized spacial score (nSPS) is 21.8. The Bertz CT molecular complexity index is 1640. The third kappa shape index (κ3) is 8.75. The van der Waals surface area contributed by atoms with E-state index in [4.69, 9.17) is 18.5 Å². The van der Waals surface area contributed by atoms with E-state index < -0.39 is 61.7 Å². The Morgan fingerprint density at radius 2 is 1.77 bits per heavy atom. The number of ether oxygens (including phenoxy) is 2. The van der Waals surface area contributed by atoms with Crippen molar-refractivity contribution in [2.24, 2.45) is 0 Å². The van der Waals surface area contributed by atoms with E-state index in [0.29, 0.717) is 5.56 Å². The number of H-pyrrole nitrogens is 1. The van der Waals surface area contributed by atoms with Gasteiger partial charge in [0.2, 0.25) is 0 Å². The lowest BCUT2D eigenvalue weighted by atomic mass is 10.0. The first kappa shape index (κ1) is 31.9. The van der Waals surface area contributed by atoms with Crippen molar-refractivity contribution in [2.45, 2.75) is 64.3 Å². The Balaban J connectivity index is 1.50. The van der Waals surface area contributed by atoms with Crippen LogP contribution < -0.4 is 20.9 Å². The molecule has 1 aromatic heterocycles. The van der Waals surface area contributed by atoms with Crippen LogP contribution in [0.15, 0.2) is 76.4 Å². The molecular weight excluding hydrogens is 580 g/mol. The summed E-state index contributed by atoms with van der Waals surface area (Å²) >= 11 is 0. The smallest absolute Gasteiger partial charge is 0.459 e. The van der Waals surface area contributed by atoms with Crippen molar-refractivity contribution in [1.82, 2.24) is 14.6 Å². The molecule has 43 heavy (non-hydrogen) atoms. The van der Waals surface area contributed by atoms with Gasteiger partial charge in [-0.1, -0.05) is 30.0 Å². The number of nitrogens with one attached hydrogen (secondary N) is 2. The number of carbonyl (C=O) groups excluding carboxylic acids is 1. The predicted octanol–water partition coefficient (Wildman–Crippen LogP) is 4.09. The number of carbonyl (C=O) groups is 1. The van der Waals surface area contributed by atoms with Crippen LogP contribution in [0, 0.1) is 11.8 Å². The molecule has 0 aliphatic carbocycles. The van der Waals surface area contributed by atoms with Crippen molar-refractivity contribution in [3.05, 3.63) is 98.8 Å². The number of halogens is 1. The number of hydrogen-bond acceptors (Lipinski definition) is 8. The van der Waals surface area contributed by atoms with Crippen molar-refractivity contribution >= 4 is 13.7 Å². The van der Waals surface area contributed by atoms with Crippen LogP contribution in [-0.4, -0.2) is 46.0 Å². The van der Waals surface area contributed by atoms with Crippen LogP contribution in [0.25, 0.3) is 0 Å². The molecule has 1 saturated heterocycles. The zero-order chi connectivity index (χ0) is 31.2. The number of rotatable bonds is 10. The first-order valence-corrected chi connectivity index (χ1v) is 15.1. The topological polar surface area (TPSA) is 138 Å². The highest BCUT2D eigenvalue weighted by Crippen LogP contribution is 2.47. The molecule has 5 atom stereocenters. The largest absolute Gasteiger partial charge is 0.462 e. The van der Waals surface area contributed by atoms with Crippen molar-refractivity contribution < 1.29 is 32.3 Å². The highest BCUT2D eigenvalue weighted by Gasteiger charge is 2.48. The van der Waals surface area contributed by atoms with Crippen LogP contribution >= 0.6 is 7.75 Å². The molecule has 2 heterocycles. The summed E-state index contributed by atoms with van der Waals surface area (Å²) in [4.78, 5) is 38.2. The van der Waals surface area contributed by atoms with Crippen molar-refractivity contribution in [1.29, 1.82) is 0 Å². The van der Waals surface area contributed by atoms with Gasteiger partial charge < -0.3 is 14.0 Å². The van der Waals surface area contributed by atoms with E-state index in [9.17, 15) is 18.9 Å². The summed E-state index contributed by atoms with van der Waals surface area (Å²) < 4.78 is 52.6. The second kappa shape index (κ2) is 13.5. The van der Waals surface area contributed by atoms with Gasteiger partial charge >= 0.3 is 19.4 Å². The van der Waals surface area contributed by atoms with Gasteiger partial charge in [0.05, 0.1) is 18.8 Å². The molecule has 4 rings (SSSR count). The lowest BCUT2D eigenvalue weighted by Gasteiger charge is -2.24. The summed E-state index contributed by atoms with van der Waals surface area (Å²) in [6.45, 7) is 5.63. The average Bonchev–Trinajstić information content (AvgIpc) is 3.25. The third-order valence-electron chi connectivity index (χ3n) is 6.26.